The van der Waals surface area contributed by atoms with Crippen LogP contribution in [0, 0.1) is 30.1 Å². The molecule has 0 aromatic rings. The first-order chi connectivity index (χ1) is 8.20. The largest absolute Gasteiger partial charge is 0.305 e. The van der Waals surface area contributed by atoms with E-state index in [1.807, 2.05) is 0 Å². The second-order valence-electron chi connectivity index (χ2n) is 6.06. The van der Waals surface area contributed by atoms with E-state index in [2.05, 4.69) is 30.1 Å². The first-order valence-electron chi connectivity index (χ1n) is 7.05. The monoisotopic (exact) mass is 234 g/mol. The molecule has 2 heteroatoms. The lowest BCUT2D eigenvalue weighted by Crippen LogP contribution is -2.41. The van der Waals surface area contributed by atoms with E-state index in [0.717, 1.165) is 24.3 Å². The molecule has 17 heavy (non-hydrogen) atoms. The van der Waals surface area contributed by atoms with Crippen molar-refractivity contribution in [3.05, 3.63) is 0 Å². The maximum absolute atomic E-state index is 5.24. The van der Waals surface area contributed by atoms with Gasteiger partial charge in [0.25, 0.3) is 0 Å². The average Bonchev–Trinajstić information content (AvgIpc) is 2.91. The minimum Gasteiger partial charge on any atom is -0.305 e. The third kappa shape index (κ3) is 3.24. The lowest BCUT2D eigenvalue weighted by Gasteiger charge is -2.31. The molecule has 0 radical (unpaired) electrons. The normalized spacial score (nSPS) is 32.9. The van der Waals surface area contributed by atoms with Gasteiger partial charge in [-0.2, -0.15) is 0 Å². The lowest BCUT2D eigenvalue weighted by atomic mass is 9.88. The Balaban J connectivity index is 1.69. The topological polar surface area (TPSA) is 15.3 Å². The van der Waals surface area contributed by atoms with E-state index in [0.29, 0.717) is 12.6 Å². The SMILES string of the molecule is C#CCNCC(C)N(C)CC1CC2CCC1C2. The maximum atomic E-state index is 5.24. The van der Waals surface area contributed by atoms with E-state index in [4.69, 9.17) is 6.42 Å². The molecule has 2 nitrogen and oxygen atoms in total. The molecule has 2 aliphatic carbocycles. The molecular weight excluding hydrogens is 208 g/mol. The highest BCUT2D eigenvalue weighted by molar-refractivity contribution is 4.91. The zero-order valence-electron chi connectivity index (χ0n) is 11.3. The molecule has 2 fully saturated rings. The minimum absolute atomic E-state index is 0.586. The van der Waals surface area contributed by atoms with Gasteiger partial charge in [-0.1, -0.05) is 12.3 Å². The van der Waals surface area contributed by atoms with Crippen molar-refractivity contribution in [2.24, 2.45) is 17.8 Å². The number of likely N-dealkylation sites (N-methyl/N-ethyl adjacent to an activating group) is 1. The molecule has 2 bridgehead atoms. The summed E-state index contributed by atoms with van der Waals surface area (Å²) in [7, 11) is 2.26. The minimum atomic E-state index is 0.586. The Morgan fingerprint density at radius 3 is 2.82 bits per heavy atom. The fourth-order valence-electron chi connectivity index (χ4n) is 3.66. The Hall–Kier alpha value is -0.520. The van der Waals surface area contributed by atoms with Crippen LogP contribution in [0.2, 0.25) is 0 Å². The van der Waals surface area contributed by atoms with E-state index in [1.165, 1.54) is 32.2 Å². The van der Waals surface area contributed by atoms with Crippen LogP contribution in [0.4, 0.5) is 0 Å². The quantitative estimate of drug-likeness (QED) is 0.558. The molecular formula is C15H26N2. The van der Waals surface area contributed by atoms with Crippen molar-refractivity contribution >= 4 is 0 Å². The van der Waals surface area contributed by atoms with Crippen molar-refractivity contribution in [3.8, 4) is 12.3 Å². The third-order valence-corrected chi connectivity index (χ3v) is 4.83. The van der Waals surface area contributed by atoms with Gasteiger partial charge in [-0.25, -0.2) is 0 Å². The molecule has 0 saturated heterocycles. The molecule has 4 atom stereocenters. The van der Waals surface area contributed by atoms with E-state index >= 15 is 0 Å². The van der Waals surface area contributed by atoms with Crippen LogP contribution in [-0.2, 0) is 0 Å². The van der Waals surface area contributed by atoms with Crippen LogP contribution in [0.5, 0.6) is 0 Å². The van der Waals surface area contributed by atoms with E-state index in [9.17, 15) is 0 Å². The molecule has 0 spiro atoms. The molecule has 0 heterocycles. The van der Waals surface area contributed by atoms with Crippen LogP contribution in [-0.4, -0.2) is 37.6 Å². The molecule has 4 unspecified atom stereocenters. The molecule has 96 valence electrons. The Morgan fingerprint density at radius 2 is 2.24 bits per heavy atom. The number of nitrogens with zero attached hydrogens (tertiary/aromatic N) is 1. The Labute approximate surface area is 106 Å². The van der Waals surface area contributed by atoms with E-state index in [-0.39, 0.29) is 0 Å². The summed E-state index contributed by atoms with van der Waals surface area (Å²) >= 11 is 0. The molecule has 2 saturated carbocycles. The van der Waals surface area contributed by atoms with Gasteiger partial charge >= 0.3 is 0 Å². The van der Waals surface area contributed by atoms with Gasteiger partial charge in [-0.3, -0.25) is 0 Å². The van der Waals surface area contributed by atoms with Crippen molar-refractivity contribution in [2.45, 2.75) is 38.6 Å². The molecule has 0 aromatic heterocycles. The maximum Gasteiger partial charge on any atom is 0.0574 e. The smallest absolute Gasteiger partial charge is 0.0574 e. The highest BCUT2D eigenvalue weighted by Gasteiger charge is 2.39. The van der Waals surface area contributed by atoms with Gasteiger partial charge in [0.05, 0.1) is 6.54 Å². The summed E-state index contributed by atoms with van der Waals surface area (Å²) in [4.78, 5) is 2.51. The Bertz CT molecular complexity index is 281. The standard InChI is InChI=1S/C15H26N2/c1-4-7-16-10-12(2)17(3)11-15-9-13-5-6-14(15)8-13/h1,12-16H,5-11H2,2-3H3. The van der Waals surface area contributed by atoms with Gasteiger partial charge < -0.3 is 10.2 Å². The van der Waals surface area contributed by atoms with Crippen LogP contribution >= 0.6 is 0 Å². The van der Waals surface area contributed by atoms with Gasteiger partial charge in [-0.15, -0.1) is 6.42 Å². The first-order valence-corrected chi connectivity index (χ1v) is 7.05. The molecule has 0 aromatic carbocycles. The van der Waals surface area contributed by atoms with Crippen LogP contribution in [0.25, 0.3) is 0 Å². The van der Waals surface area contributed by atoms with E-state index < -0.39 is 0 Å². The van der Waals surface area contributed by atoms with Crippen molar-refractivity contribution in [1.82, 2.24) is 10.2 Å². The molecule has 2 aliphatic rings. The predicted octanol–water partition coefficient (Wildman–Crippen LogP) is 1.97. The summed E-state index contributed by atoms with van der Waals surface area (Å²) in [6.07, 6.45) is 11.2. The third-order valence-electron chi connectivity index (χ3n) is 4.83. The summed E-state index contributed by atoms with van der Waals surface area (Å²) in [5, 5.41) is 3.30. The van der Waals surface area contributed by atoms with Crippen LogP contribution in [0.15, 0.2) is 0 Å². The molecule has 0 amide bonds. The Kier molecular flexibility index (Phi) is 4.48. The second kappa shape index (κ2) is 5.89. The van der Waals surface area contributed by atoms with Crippen LogP contribution in [0.1, 0.15) is 32.6 Å². The second-order valence-corrected chi connectivity index (χ2v) is 6.06. The zero-order valence-corrected chi connectivity index (χ0v) is 11.3. The summed E-state index contributed by atoms with van der Waals surface area (Å²) in [5.74, 6) is 5.69. The number of nitrogens with one attached hydrogen (secondary N) is 1. The van der Waals surface area contributed by atoms with Gasteiger partial charge in [0.2, 0.25) is 0 Å². The fourth-order valence-corrected chi connectivity index (χ4v) is 3.66. The van der Waals surface area contributed by atoms with Gasteiger partial charge in [-0.05, 0) is 51.0 Å². The van der Waals surface area contributed by atoms with Crippen molar-refractivity contribution in [3.63, 3.8) is 0 Å². The van der Waals surface area contributed by atoms with Crippen molar-refractivity contribution in [2.75, 3.05) is 26.7 Å². The van der Waals surface area contributed by atoms with Crippen molar-refractivity contribution in [1.29, 1.82) is 0 Å². The number of terminal acetylenes is 1. The fraction of sp³-hybridized carbons (Fsp3) is 0.867. The summed E-state index contributed by atoms with van der Waals surface area (Å²) in [6, 6.07) is 0.586. The van der Waals surface area contributed by atoms with Crippen LogP contribution in [0.3, 0.4) is 0 Å². The van der Waals surface area contributed by atoms with Gasteiger partial charge in [0.15, 0.2) is 0 Å². The average molecular weight is 234 g/mol. The molecule has 1 N–H and O–H groups in total. The number of hydrogen-bond acceptors (Lipinski definition) is 2. The van der Waals surface area contributed by atoms with Crippen LogP contribution < -0.4 is 5.32 Å². The summed E-state index contributed by atoms with van der Waals surface area (Å²) in [5.41, 5.74) is 0. The van der Waals surface area contributed by atoms with Gasteiger partial charge in [0, 0.05) is 19.1 Å². The number of rotatable bonds is 6. The Morgan fingerprint density at radius 1 is 1.41 bits per heavy atom. The molecule has 0 aliphatic heterocycles. The van der Waals surface area contributed by atoms with Crippen molar-refractivity contribution < 1.29 is 0 Å². The zero-order chi connectivity index (χ0) is 12.3. The number of fused-ring (bicyclic) bond motifs is 2. The summed E-state index contributed by atoms with van der Waals surface area (Å²) < 4.78 is 0. The van der Waals surface area contributed by atoms with Gasteiger partial charge in [0.1, 0.15) is 0 Å². The lowest BCUT2D eigenvalue weighted by molar-refractivity contribution is 0.179. The summed E-state index contributed by atoms with van der Waals surface area (Å²) in [6.45, 7) is 5.25. The molecule has 2 rings (SSSR count). The highest BCUT2D eigenvalue weighted by Crippen LogP contribution is 2.48. The first kappa shape index (κ1) is 12.9. The van der Waals surface area contributed by atoms with E-state index in [1.54, 1.807) is 0 Å². The predicted molar refractivity (Wildman–Crippen MR) is 72.7 cm³/mol. The number of hydrogen-bond donors (Lipinski definition) is 1. The highest BCUT2D eigenvalue weighted by atomic mass is 15.1.